The first kappa shape index (κ1) is 9.56. The molecule has 1 atom stereocenters. The van der Waals surface area contributed by atoms with Crippen LogP contribution in [0.5, 0.6) is 0 Å². The van der Waals surface area contributed by atoms with Gasteiger partial charge in [-0.3, -0.25) is 0 Å². The molecule has 3 heteroatoms. The molecule has 0 bridgehead atoms. The molecule has 0 amide bonds. The summed E-state index contributed by atoms with van der Waals surface area (Å²) in [6, 6.07) is 11.4. The number of likely N-dealkylation sites (N-methyl/N-ethyl adjacent to an activating group) is 1. The van der Waals surface area contributed by atoms with Crippen molar-refractivity contribution in [3.63, 3.8) is 0 Å². The molecular weight excluding hydrogens is 162 g/mol. The lowest BCUT2D eigenvalue weighted by molar-refractivity contribution is 0.785. The Bertz CT molecular complexity index is 289. The summed E-state index contributed by atoms with van der Waals surface area (Å²) >= 11 is 0. The van der Waals surface area contributed by atoms with Crippen LogP contribution in [0.15, 0.2) is 30.3 Å². The second-order valence-electron chi connectivity index (χ2n) is 2.95. The number of nitrogens with two attached hydrogens (primary N) is 1. The maximum Gasteiger partial charge on any atom is 0.110 e. The number of nitrogens with zero attached hydrogens (tertiary/aromatic N) is 2. The smallest absolute Gasteiger partial charge is 0.110 e. The average molecular weight is 175 g/mol. The predicted octanol–water partition coefficient (Wildman–Crippen LogP) is 0.974. The first-order valence-electron chi connectivity index (χ1n) is 4.15. The number of hydrogen-bond acceptors (Lipinski definition) is 3. The van der Waals surface area contributed by atoms with Crippen LogP contribution in [0.3, 0.4) is 0 Å². The molecule has 0 aliphatic rings. The zero-order valence-corrected chi connectivity index (χ0v) is 7.64. The third-order valence-corrected chi connectivity index (χ3v) is 1.83. The Morgan fingerprint density at radius 3 is 2.62 bits per heavy atom. The first-order valence-corrected chi connectivity index (χ1v) is 4.15. The van der Waals surface area contributed by atoms with Crippen LogP contribution >= 0.6 is 0 Å². The van der Waals surface area contributed by atoms with Gasteiger partial charge in [-0.25, -0.2) is 0 Å². The van der Waals surface area contributed by atoms with Crippen molar-refractivity contribution in [2.75, 3.05) is 18.5 Å². The minimum Gasteiger partial charge on any atom is -0.372 e. The molecule has 13 heavy (non-hydrogen) atoms. The van der Waals surface area contributed by atoms with Crippen LogP contribution in [0.2, 0.25) is 0 Å². The zero-order chi connectivity index (χ0) is 9.68. The summed E-state index contributed by atoms with van der Waals surface area (Å²) in [5.41, 5.74) is 6.59. The third kappa shape index (κ3) is 2.77. The molecule has 0 aliphatic heterocycles. The maximum absolute atomic E-state index is 8.53. The van der Waals surface area contributed by atoms with Gasteiger partial charge in [-0.05, 0) is 12.1 Å². The molecule has 0 saturated carbocycles. The fourth-order valence-electron chi connectivity index (χ4n) is 1.12. The Morgan fingerprint density at radius 1 is 1.46 bits per heavy atom. The Hall–Kier alpha value is -1.53. The fourth-order valence-corrected chi connectivity index (χ4v) is 1.12. The third-order valence-electron chi connectivity index (χ3n) is 1.83. The van der Waals surface area contributed by atoms with E-state index in [9.17, 15) is 0 Å². The summed E-state index contributed by atoms with van der Waals surface area (Å²) in [5.74, 6) is 0. The van der Waals surface area contributed by atoms with E-state index >= 15 is 0 Å². The summed E-state index contributed by atoms with van der Waals surface area (Å²) in [6.07, 6.45) is 0. The van der Waals surface area contributed by atoms with E-state index < -0.39 is 6.04 Å². The summed E-state index contributed by atoms with van der Waals surface area (Å²) < 4.78 is 0. The van der Waals surface area contributed by atoms with Crippen LogP contribution in [0.4, 0.5) is 5.69 Å². The molecule has 0 radical (unpaired) electrons. The molecule has 1 aromatic rings. The first-order chi connectivity index (χ1) is 6.24. The van der Waals surface area contributed by atoms with E-state index in [0.717, 1.165) is 5.69 Å². The minimum atomic E-state index is -0.426. The Labute approximate surface area is 78.4 Å². The normalized spacial score (nSPS) is 11.8. The molecule has 68 valence electrons. The molecule has 2 N–H and O–H groups in total. The van der Waals surface area contributed by atoms with Gasteiger partial charge in [0.15, 0.2) is 0 Å². The maximum atomic E-state index is 8.53. The van der Waals surface area contributed by atoms with Crippen molar-refractivity contribution in [2.45, 2.75) is 6.04 Å². The van der Waals surface area contributed by atoms with Gasteiger partial charge in [0.25, 0.3) is 0 Å². The van der Waals surface area contributed by atoms with Crippen LogP contribution < -0.4 is 10.6 Å². The Kier molecular flexibility index (Phi) is 3.30. The standard InChI is InChI=1S/C10H13N3/c1-13(8-9(12)7-11)10-5-3-2-4-6-10/h2-6,9H,8,12H2,1H3. The molecule has 3 nitrogen and oxygen atoms in total. The molecule has 1 unspecified atom stereocenters. The molecule has 0 saturated heterocycles. The van der Waals surface area contributed by atoms with Crippen molar-refractivity contribution < 1.29 is 0 Å². The lowest BCUT2D eigenvalue weighted by Crippen LogP contribution is -2.33. The molecule has 0 spiro atoms. The Balaban J connectivity index is 2.60. The average Bonchev–Trinajstić information content (AvgIpc) is 2.19. The van der Waals surface area contributed by atoms with Gasteiger partial charge in [-0.1, -0.05) is 18.2 Å². The number of anilines is 1. The van der Waals surface area contributed by atoms with Crippen molar-refractivity contribution >= 4 is 5.69 Å². The number of rotatable bonds is 3. The van der Waals surface area contributed by atoms with Crippen molar-refractivity contribution in [2.24, 2.45) is 5.73 Å². The monoisotopic (exact) mass is 175 g/mol. The molecule has 0 heterocycles. The van der Waals surface area contributed by atoms with E-state index in [-0.39, 0.29) is 0 Å². The number of hydrogen-bond donors (Lipinski definition) is 1. The molecule has 0 aromatic heterocycles. The van der Waals surface area contributed by atoms with Crippen LogP contribution in [-0.2, 0) is 0 Å². The summed E-state index contributed by atoms with van der Waals surface area (Å²) in [6.45, 7) is 0.556. The summed E-state index contributed by atoms with van der Waals surface area (Å²) in [5, 5.41) is 8.53. The number of para-hydroxylation sites is 1. The quantitative estimate of drug-likeness (QED) is 0.744. The van der Waals surface area contributed by atoms with Crippen molar-refractivity contribution in [3.05, 3.63) is 30.3 Å². The van der Waals surface area contributed by atoms with E-state index in [4.69, 9.17) is 11.0 Å². The summed E-state index contributed by atoms with van der Waals surface area (Å²) in [4.78, 5) is 1.97. The van der Waals surface area contributed by atoms with Gasteiger partial charge >= 0.3 is 0 Å². The van der Waals surface area contributed by atoms with Crippen LogP contribution in [0, 0.1) is 11.3 Å². The van der Waals surface area contributed by atoms with Crippen molar-refractivity contribution in [3.8, 4) is 6.07 Å². The molecular formula is C10H13N3. The second kappa shape index (κ2) is 4.48. The second-order valence-corrected chi connectivity index (χ2v) is 2.95. The van der Waals surface area contributed by atoms with Crippen LogP contribution in [0.25, 0.3) is 0 Å². The highest BCUT2D eigenvalue weighted by molar-refractivity contribution is 5.45. The van der Waals surface area contributed by atoms with E-state index in [2.05, 4.69) is 0 Å². The van der Waals surface area contributed by atoms with Gasteiger partial charge < -0.3 is 10.6 Å². The molecule has 0 fully saturated rings. The lowest BCUT2D eigenvalue weighted by atomic mass is 10.2. The van der Waals surface area contributed by atoms with E-state index in [1.54, 1.807) is 0 Å². The minimum absolute atomic E-state index is 0.426. The van der Waals surface area contributed by atoms with Gasteiger partial charge in [0, 0.05) is 19.3 Å². The predicted molar refractivity (Wildman–Crippen MR) is 53.3 cm³/mol. The summed E-state index contributed by atoms with van der Waals surface area (Å²) in [7, 11) is 1.92. The van der Waals surface area contributed by atoms with Gasteiger partial charge in [-0.15, -0.1) is 0 Å². The van der Waals surface area contributed by atoms with Crippen molar-refractivity contribution in [1.82, 2.24) is 0 Å². The van der Waals surface area contributed by atoms with Crippen LogP contribution in [0.1, 0.15) is 0 Å². The van der Waals surface area contributed by atoms with Crippen LogP contribution in [-0.4, -0.2) is 19.6 Å². The van der Waals surface area contributed by atoms with Gasteiger partial charge in [-0.2, -0.15) is 5.26 Å². The number of benzene rings is 1. The van der Waals surface area contributed by atoms with Crippen molar-refractivity contribution in [1.29, 1.82) is 5.26 Å². The van der Waals surface area contributed by atoms with Gasteiger partial charge in [0.1, 0.15) is 6.04 Å². The molecule has 1 aromatic carbocycles. The highest BCUT2D eigenvalue weighted by Gasteiger charge is 2.04. The number of nitriles is 1. The lowest BCUT2D eigenvalue weighted by Gasteiger charge is -2.19. The molecule has 1 rings (SSSR count). The van der Waals surface area contributed by atoms with E-state index in [1.165, 1.54) is 0 Å². The van der Waals surface area contributed by atoms with E-state index in [1.807, 2.05) is 48.3 Å². The fraction of sp³-hybridized carbons (Fsp3) is 0.300. The zero-order valence-electron chi connectivity index (χ0n) is 7.64. The highest BCUT2D eigenvalue weighted by Crippen LogP contribution is 2.10. The van der Waals surface area contributed by atoms with Gasteiger partial charge in [0.2, 0.25) is 0 Å². The molecule has 0 aliphatic carbocycles. The van der Waals surface area contributed by atoms with Gasteiger partial charge in [0.05, 0.1) is 6.07 Å². The highest BCUT2D eigenvalue weighted by atomic mass is 15.1. The largest absolute Gasteiger partial charge is 0.372 e. The SMILES string of the molecule is CN(CC(N)C#N)c1ccccc1. The van der Waals surface area contributed by atoms with E-state index in [0.29, 0.717) is 6.54 Å². The topological polar surface area (TPSA) is 53.0 Å². The Morgan fingerprint density at radius 2 is 2.08 bits per heavy atom.